The number of aliphatic hydroxyl groups excluding tert-OH is 2. The van der Waals surface area contributed by atoms with E-state index in [-0.39, 0.29) is 6.61 Å². The third-order valence-electron chi connectivity index (χ3n) is 3.65. The summed E-state index contributed by atoms with van der Waals surface area (Å²) < 4.78 is 26.0. The van der Waals surface area contributed by atoms with Crippen molar-refractivity contribution in [3.05, 3.63) is 35.4 Å². The van der Waals surface area contributed by atoms with Crippen LogP contribution in [0.2, 0.25) is 0 Å². The molecule has 0 bridgehead atoms. The van der Waals surface area contributed by atoms with Crippen LogP contribution in [-0.4, -0.2) is 40.9 Å². The second-order valence-electron chi connectivity index (χ2n) is 5.35. The molecule has 1 aromatic carbocycles. The van der Waals surface area contributed by atoms with Crippen molar-refractivity contribution in [1.82, 2.24) is 4.90 Å². The molecule has 0 amide bonds. The minimum atomic E-state index is -0.931. The Morgan fingerprint density at radius 3 is 2.55 bits per heavy atom. The van der Waals surface area contributed by atoms with Crippen molar-refractivity contribution in [2.45, 2.75) is 37.8 Å². The molecule has 2 N–H and O–H groups in total. The van der Waals surface area contributed by atoms with E-state index < -0.39 is 17.7 Å². The van der Waals surface area contributed by atoms with E-state index in [0.717, 1.165) is 44.4 Å². The number of unbranched alkanes of at least 4 members (excludes halogenated alkanes) is 1. The summed E-state index contributed by atoms with van der Waals surface area (Å²) in [5.41, 5.74) is 0.400. The maximum absolute atomic E-state index is 13.2. The van der Waals surface area contributed by atoms with Crippen LogP contribution < -0.4 is 0 Å². The highest BCUT2D eigenvalue weighted by Gasteiger charge is 2.30. The van der Waals surface area contributed by atoms with Gasteiger partial charge in [-0.1, -0.05) is 6.07 Å². The Bertz CT molecular complexity index is 438. The molecular formula is C15H21F2NO2. The highest BCUT2D eigenvalue weighted by molar-refractivity contribution is 5.20. The first kappa shape index (κ1) is 15.4. The molecule has 0 saturated heterocycles. The van der Waals surface area contributed by atoms with Crippen molar-refractivity contribution in [2.24, 2.45) is 0 Å². The van der Waals surface area contributed by atoms with Crippen molar-refractivity contribution in [1.29, 1.82) is 0 Å². The average Bonchev–Trinajstić information content (AvgIpc) is 3.25. The van der Waals surface area contributed by atoms with Gasteiger partial charge < -0.3 is 10.2 Å². The molecule has 1 aliphatic rings. The molecule has 1 unspecified atom stereocenters. The second-order valence-corrected chi connectivity index (χ2v) is 5.35. The molecule has 0 radical (unpaired) electrons. The first-order valence-electron chi connectivity index (χ1n) is 7.09. The number of hydrogen-bond acceptors (Lipinski definition) is 3. The summed E-state index contributed by atoms with van der Waals surface area (Å²) in [6, 6.07) is 4.00. The zero-order valence-corrected chi connectivity index (χ0v) is 11.4. The van der Waals surface area contributed by atoms with Crippen LogP contribution >= 0.6 is 0 Å². The van der Waals surface area contributed by atoms with Crippen molar-refractivity contribution in [3.63, 3.8) is 0 Å². The lowest BCUT2D eigenvalue weighted by Gasteiger charge is -2.25. The summed E-state index contributed by atoms with van der Waals surface area (Å²) in [7, 11) is 0. The summed E-state index contributed by atoms with van der Waals surface area (Å²) in [6.07, 6.45) is 3.02. The zero-order chi connectivity index (χ0) is 14.5. The molecule has 20 heavy (non-hydrogen) atoms. The van der Waals surface area contributed by atoms with Gasteiger partial charge in [0.15, 0.2) is 11.6 Å². The molecule has 1 atom stereocenters. The lowest BCUT2D eigenvalue weighted by atomic mass is 10.1. The van der Waals surface area contributed by atoms with Crippen LogP contribution in [0.4, 0.5) is 8.78 Å². The van der Waals surface area contributed by atoms with Gasteiger partial charge in [-0.3, -0.25) is 4.90 Å². The normalized spacial score (nSPS) is 16.6. The maximum atomic E-state index is 13.2. The van der Waals surface area contributed by atoms with Crippen molar-refractivity contribution >= 4 is 0 Å². The van der Waals surface area contributed by atoms with E-state index in [2.05, 4.69) is 4.90 Å². The molecule has 112 valence electrons. The van der Waals surface area contributed by atoms with Crippen molar-refractivity contribution < 1.29 is 19.0 Å². The van der Waals surface area contributed by atoms with Crippen LogP contribution in [0.25, 0.3) is 0 Å². The van der Waals surface area contributed by atoms with Gasteiger partial charge in [0.2, 0.25) is 0 Å². The van der Waals surface area contributed by atoms with E-state index in [1.165, 1.54) is 6.07 Å². The fraction of sp³-hybridized carbons (Fsp3) is 0.600. The molecule has 0 spiro atoms. The van der Waals surface area contributed by atoms with E-state index in [1.807, 2.05) is 0 Å². The van der Waals surface area contributed by atoms with Gasteiger partial charge in [-0.2, -0.15) is 0 Å². The molecule has 1 saturated carbocycles. The van der Waals surface area contributed by atoms with Gasteiger partial charge in [-0.15, -0.1) is 0 Å². The molecule has 0 aromatic heterocycles. The number of benzene rings is 1. The molecule has 0 aliphatic heterocycles. The lowest BCUT2D eigenvalue weighted by Crippen LogP contribution is -2.32. The molecule has 5 heteroatoms. The minimum Gasteiger partial charge on any atom is -0.396 e. The van der Waals surface area contributed by atoms with E-state index in [0.29, 0.717) is 18.2 Å². The van der Waals surface area contributed by atoms with Crippen LogP contribution in [0.5, 0.6) is 0 Å². The van der Waals surface area contributed by atoms with Gasteiger partial charge in [-0.05, 0) is 49.9 Å². The van der Waals surface area contributed by atoms with Crippen LogP contribution in [0.1, 0.15) is 37.4 Å². The highest BCUT2D eigenvalue weighted by Crippen LogP contribution is 2.29. The van der Waals surface area contributed by atoms with Gasteiger partial charge in [0, 0.05) is 19.2 Å². The summed E-state index contributed by atoms with van der Waals surface area (Å²) in [6.45, 7) is 1.40. The van der Waals surface area contributed by atoms with Gasteiger partial charge in [-0.25, -0.2) is 8.78 Å². The van der Waals surface area contributed by atoms with Crippen molar-refractivity contribution in [3.8, 4) is 0 Å². The number of nitrogens with zero attached hydrogens (tertiary/aromatic N) is 1. The van der Waals surface area contributed by atoms with Crippen LogP contribution in [0.3, 0.4) is 0 Å². The minimum absolute atomic E-state index is 0.171. The Balaban J connectivity index is 1.93. The van der Waals surface area contributed by atoms with Crippen molar-refractivity contribution in [2.75, 3.05) is 19.7 Å². The molecule has 0 heterocycles. The molecule has 2 rings (SSSR count). The molecule has 3 nitrogen and oxygen atoms in total. The summed E-state index contributed by atoms with van der Waals surface area (Å²) >= 11 is 0. The molecule has 1 aliphatic carbocycles. The topological polar surface area (TPSA) is 43.7 Å². The number of hydrogen-bond donors (Lipinski definition) is 2. The summed E-state index contributed by atoms with van der Waals surface area (Å²) in [4.78, 5) is 2.17. The monoisotopic (exact) mass is 285 g/mol. The maximum Gasteiger partial charge on any atom is 0.159 e. The van der Waals surface area contributed by atoms with Crippen LogP contribution in [0, 0.1) is 11.6 Å². The quantitative estimate of drug-likeness (QED) is 0.720. The second kappa shape index (κ2) is 7.11. The van der Waals surface area contributed by atoms with E-state index >= 15 is 0 Å². The summed E-state index contributed by atoms with van der Waals surface area (Å²) in [5.74, 6) is -1.83. The number of aliphatic hydroxyl groups is 2. The van der Waals surface area contributed by atoms with Gasteiger partial charge in [0.05, 0.1) is 6.10 Å². The van der Waals surface area contributed by atoms with Gasteiger partial charge in [0.25, 0.3) is 0 Å². The van der Waals surface area contributed by atoms with E-state index in [4.69, 9.17) is 5.11 Å². The smallest absolute Gasteiger partial charge is 0.159 e. The largest absolute Gasteiger partial charge is 0.396 e. The summed E-state index contributed by atoms with van der Waals surface area (Å²) in [5, 5.41) is 19.0. The lowest BCUT2D eigenvalue weighted by molar-refractivity contribution is 0.106. The molecular weight excluding hydrogens is 264 g/mol. The third-order valence-corrected chi connectivity index (χ3v) is 3.65. The molecule has 1 fully saturated rings. The standard InChI is InChI=1S/C15H21F2NO2/c16-13-6-3-11(9-14(13)17)15(20)10-18(12-4-5-12)7-1-2-8-19/h3,6,9,12,15,19-20H,1-2,4-5,7-8,10H2. The Morgan fingerprint density at radius 2 is 1.95 bits per heavy atom. The SMILES string of the molecule is OCCCCN(CC(O)c1ccc(F)c(F)c1)C1CC1. The molecule has 1 aromatic rings. The van der Waals surface area contributed by atoms with Gasteiger partial charge >= 0.3 is 0 Å². The predicted octanol–water partition coefficient (Wildman–Crippen LogP) is 2.24. The number of rotatable bonds is 8. The van der Waals surface area contributed by atoms with Gasteiger partial charge in [0.1, 0.15) is 0 Å². The fourth-order valence-electron chi connectivity index (χ4n) is 2.34. The number of halogens is 2. The van der Waals surface area contributed by atoms with Crippen LogP contribution in [-0.2, 0) is 0 Å². The third kappa shape index (κ3) is 4.23. The fourth-order valence-corrected chi connectivity index (χ4v) is 2.34. The Kier molecular flexibility index (Phi) is 5.46. The first-order valence-corrected chi connectivity index (χ1v) is 7.09. The van der Waals surface area contributed by atoms with E-state index in [1.54, 1.807) is 0 Å². The van der Waals surface area contributed by atoms with E-state index in [9.17, 15) is 13.9 Å². The Hall–Kier alpha value is -1.04. The first-order chi connectivity index (χ1) is 9.61. The Morgan fingerprint density at radius 1 is 1.20 bits per heavy atom. The Labute approximate surface area is 117 Å². The van der Waals surface area contributed by atoms with Crippen LogP contribution in [0.15, 0.2) is 18.2 Å². The highest BCUT2D eigenvalue weighted by atomic mass is 19.2. The average molecular weight is 285 g/mol. The zero-order valence-electron chi connectivity index (χ0n) is 11.4. The predicted molar refractivity (Wildman–Crippen MR) is 72.2 cm³/mol.